The van der Waals surface area contributed by atoms with Crippen LogP contribution in [0.3, 0.4) is 0 Å². The zero-order chi connectivity index (χ0) is 15.2. The zero-order valence-electron chi connectivity index (χ0n) is 11.8. The van der Waals surface area contributed by atoms with E-state index in [0.29, 0.717) is 35.2 Å². The lowest BCUT2D eigenvalue weighted by Gasteiger charge is -2.18. The molecule has 0 aliphatic carbocycles. The number of nitrogen functional groups attached to an aromatic ring is 1. The molecule has 0 saturated carbocycles. The van der Waals surface area contributed by atoms with E-state index in [1.807, 2.05) is 12.1 Å². The summed E-state index contributed by atoms with van der Waals surface area (Å²) in [6, 6.07) is 14.2. The minimum atomic E-state index is -0.0925. The molecular formula is C16H17ClN2O2. The van der Waals surface area contributed by atoms with Crippen LogP contribution >= 0.6 is 11.6 Å². The quantitative estimate of drug-likeness (QED) is 0.864. The van der Waals surface area contributed by atoms with Crippen LogP contribution in [0.15, 0.2) is 48.5 Å². The number of nitrogens with zero attached hydrogens (tertiary/aromatic N) is 1. The van der Waals surface area contributed by atoms with Crippen molar-refractivity contribution in [3.63, 3.8) is 0 Å². The highest BCUT2D eigenvalue weighted by Gasteiger charge is 2.11. The van der Waals surface area contributed by atoms with Gasteiger partial charge in [0, 0.05) is 18.3 Å². The predicted molar refractivity (Wildman–Crippen MR) is 84.8 cm³/mol. The minimum Gasteiger partial charge on any atom is -0.490 e. The number of benzene rings is 2. The maximum atomic E-state index is 12.2. The lowest BCUT2D eigenvalue weighted by molar-refractivity contribution is 0.0774. The Morgan fingerprint density at radius 2 is 2.00 bits per heavy atom. The Kier molecular flexibility index (Phi) is 5.06. The van der Waals surface area contributed by atoms with Crippen LogP contribution in [0.1, 0.15) is 10.4 Å². The maximum Gasteiger partial charge on any atom is 0.253 e. The summed E-state index contributed by atoms with van der Waals surface area (Å²) in [5.41, 5.74) is 6.82. The molecule has 5 heteroatoms. The van der Waals surface area contributed by atoms with Gasteiger partial charge in [-0.1, -0.05) is 29.8 Å². The van der Waals surface area contributed by atoms with Crippen LogP contribution in [0, 0.1) is 0 Å². The molecular weight excluding hydrogens is 288 g/mol. The largest absolute Gasteiger partial charge is 0.490 e. The summed E-state index contributed by atoms with van der Waals surface area (Å²) in [6.07, 6.45) is 0. The zero-order valence-corrected chi connectivity index (χ0v) is 12.5. The molecule has 0 heterocycles. The van der Waals surface area contributed by atoms with Crippen LogP contribution in [-0.2, 0) is 0 Å². The fourth-order valence-electron chi connectivity index (χ4n) is 1.85. The Morgan fingerprint density at radius 3 is 2.71 bits per heavy atom. The van der Waals surface area contributed by atoms with Gasteiger partial charge in [0.2, 0.25) is 0 Å². The van der Waals surface area contributed by atoms with E-state index < -0.39 is 0 Å². The van der Waals surface area contributed by atoms with E-state index in [9.17, 15) is 4.79 Å². The molecule has 0 aliphatic rings. The Hall–Kier alpha value is -2.20. The first-order valence-corrected chi connectivity index (χ1v) is 6.94. The fourth-order valence-corrected chi connectivity index (χ4v) is 2.04. The summed E-state index contributed by atoms with van der Waals surface area (Å²) in [5.74, 6) is 0.522. The molecule has 1 amide bonds. The molecule has 2 aromatic carbocycles. The number of rotatable bonds is 5. The number of ether oxygens (including phenoxy) is 1. The van der Waals surface area contributed by atoms with Crippen LogP contribution in [0.5, 0.6) is 5.75 Å². The van der Waals surface area contributed by atoms with Crippen molar-refractivity contribution in [3.8, 4) is 5.75 Å². The van der Waals surface area contributed by atoms with Crippen molar-refractivity contribution in [2.75, 3.05) is 25.9 Å². The van der Waals surface area contributed by atoms with Crippen LogP contribution in [0.25, 0.3) is 0 Å². The van der Waals surface area contributed by atoms with Crippen LogP contribution in [0.4, 0.5) is 5.69 Å². The van der Waals surface area contributed by atoms with Gasteiger partial charge in [0.25, 0.3) is 5.91 Å². The Bertz CT molecular complexity index is 631. The minimum absolute atomic E-state index is 0.0925. The highest BCUT2D eigenvalue weighted by atomic mass is 35.5. The van der Waals surface area contributed by atoms with Gasteiger partial charge >= 0.3 is 0 Å². The van der Waals surface area contributed by atoms with E-state index in [1.54, 1.807) is 48.3 Å². The number of likely N-dealkylation sites (N-methyl/N-ethyl adjacent to an activating group) is 1. The van der Waals surface area contributed by atoms with E-state index in [-0.39, 0.29) is 5.91 Å². The van der Waals surface area contributed by atoms with Gasteiger partial charge in [0.15, 0.2) is 0 Å². The first-order valence-electron chi connectivity index (χ1n) is 6.56. The number of nitrogens with two attached hydrogens (primary N) is 1. The molecule has 2 aromatic rings. The number of hydrogen-bond acceptors (Lipinski definition) is 3. The van der Waals surface area contributed by atoms with Crippen molar-refractivity contribution in [1.29, 1.82) is 0 Å². The second-order valence-electron chi connectivity index (χ2n) is 4.63. The lowest BCUT2D eigenvalue weighted by atomic mass is 10.2. The Labute approximate surface area is 129 Å². The highest BCUT2D eigenvalue weighted by Crippen LogP contribution is 2.22. The van der Waals surface area contributed by atoms with Gasteiger partial charge in [0.05, 0.1) is 11.6 Å². The van der Waals surface area contributed by atoms with E-state index in [0.717, 1.165) is 0 Å². The molecule has 0 saturated heterocycles. The van der Waals surface area contributed by atoms with Gasteiger partial charge in [-0.15, -0.1) is 0 Å². The first kappa shape index (κ1) is 15.2. The molecule has 0 aliphatic heterocycles. The molecule has 0 unspecified atom stereocenters. The SMILES string of the molecule is CN(CCOc1ccccc1Cl)C(=O)c1cccc(N)c1. The summed E-state index contributed by atoms with van der Waals surface area (Å²) in [5, 5.41) is 0.558. The molecule has 2 N–H and O–H groups in total. The van der Waals surface area contributed by atoms with E-state index in [1.165, 1.54) is 0 Å². The van der Waals surface area contributed by atoms with Crippen molar-refractivity contribution in [3.05, 3.63) is 59.1 Å². The summed E-state index contributed by atoms with van der Waals surface area (Å²) in [4.78, 5) is 13.8. The number of amides is 1. The molecule has 0 bridgehead atoms. The molecule has 0 fully saturated rings. The van der Waals surface area contributed by atoms with E-state index in [2.05, 4.69) is 0 Å². The van der Waals surface area contributed by atoms with Gasteiger partial charge in [0.1, 0.15) is 12.4 Å². The number of para-hydroxylation sites is 1. The maximum absolute atomic E-state index is 12.2. The van der Waals surface area contributed by atoms with Crippen LogP contribution < -0.4 is 10.5 Å². The first-order chi connectivity index (χ1) is 10.1. The van der Waals surface area contributed by atoms with E-state index >= 15 is 0 Å². The average Bonchev–Trinajstić information content (AvgIpc) is 2.48. The van der Waals surface area contributed by atoms with Gasteiger partial charge < -0.3 is 15.4 Å². The number of halogens is 1. The van der Waals surface area contributed by atoms with Crippen molar-refractivity contribution in [1.82, 2.24) is 4.90 Å². The van der Waals surface area contributed by atoms with Gasteiger partial charge in [-0.3, -0.25) is 4.79 Å². The summed E-state index contributed by atoms with van der Waals surface area (Å²) in [7, 11) is 1.72. The third kappa shape index (κ3) is 4.13. The summed E-state index contributed by atoms with van der Waals surface area (Å²) in [6.45, 7) is 0.827. The van der Waals surface area contributed by atoms with Crippen molar-refractivity contribution in [2.24, 2.45) is 0 Å². The van der Waals surface area contributed by atoms with Gasteiger partial charge in [-0.2, -0.15) is 0 Å². The molecule has 21 heavy (non-hydrogen) atoms. The number of carbonyl (C=O) groups is 1. The number of hydrogen-bond donors (Lipinski definition) is 1. The molecule has 2 rings (SSSR count). The molecule has 4 nitrogen and oxygen atoms in total. The average molecular weight is 305 g/mol. The normalized spacial score (nSPS) is 10.2. The van der Waals surface area contributed by atoms with Crippen molar-refractivity contribution >= 4 is 23.2 Å². The van der Waals surface area contributed by atoms with E-state index in [4.69, 9.17) is 22.1 Å². The third-order valence-corrected chi connectivity index (χ3v) is 3.31. The predicted octanol–water partition coefficient (Wildman–Crippen LogP) is 3.07. The Balaban J connectivity index is 1.89. The standard InChI is InChI=1S/C16H17ClN2O2/c1-19(16(20)12-5-4-6-13(18)11-12)9-10-21-15-8-3-2-7-14(15)17/h2-8,11H,9-10,18H2,1H3. The molecule has 0 atom stereocenters. The molecule has 0 aromatic heterocycles. The fraction of sp³-hybridized carbons (Fsp3) is 0.188. The van der Waals surface area contributed by atoms with Gasteiger partial charge in [-0.25, -0.2) is 0 Å². The monoisotopic (exact) mass is 304 g/mol. The van der Waals surface area contributed by atoms with Crippen molar-refractivity contribution < 1.29 is 9.53 Å². The topological polar surface area (TPSA) is 55.6 Å². The smallest absolute Gasteiger partial charge is 0.253 e. The second kappa shape index (κ2) is 6.99. The summed E-state index contributed by atoms with van der Waals surface area (Å²) >= 11 is 6.00. The number of carbonyl (C=O) groups excluding carboxylic acids is 1. The molecule has 110 valence electrons. The number of anilines is 1. The Morgan fingerprint density at radius 1 is 1.24 bits per heavy atom. The van der Waals surface area contributed by atoms with Crippen LogP contribution in [0.2, 0.25) is 5.02 Å². The van der Waals surface area contributed by atoms with Crippen molar-refractivity contribution in [2.45, 2.75) is 0 Å². The third-order valence-electron chi connectivity index (χ3n) is 3.00. The molecule has 0 radical (unpaired) electrons. The second-order valence-corrected chi connectivity index (χ2v) is 5.04. The lowest BCUT2D eigenvalue weighted by Crippen LogP contribution is -2.30. The highest BCUT2D eigenvalue weighted by molar-refractivity contribution is 6.32. The summed E-state index contributed by atoms with van der Waals surface area (Å²) < 4.78 is 5.57. The van der Waals surface area contributed by atoms with Crippen LogP contribution in [-0.4, -0.2) is 31.0 Å². The van der Waals surface area contributed by atoms with Gasteiger partial charge in [-0.05, 0) is 30.3 Å². The molecule has 0 spiro atoms.